The zero-order valence-electron chi connectivity index (χ0n) is 17.0. The summed E-state index contributed by atoms with van der Waals surface area (Å²) in [6.45, 7) is -0.331. The average molecular weight is 494 g/mol. The van der Waals surface area contributed by atoms with Gasteiger partial charge in [0.1, 0.15) is 18.2 Å². The summed E-state index contributed by atoms with van der Waals surface area (Å²) in [5, 5.41) is 9.82. The molecule has 4 nitrogen and oxygen atoms in total. The quantitative estimate of drug-likeness (QED) is 0.369. The number of allylic oxidation sites excluding steroid dienone is 2. The lowest BCUT2D eigenvalue weighted by Crippen LogP contribution is -2.04. The van der Waals surface area contributed by atoms with Crippen LogP contribution >= 0.6 is 23.2 Å². The summed E-state index contributed by atoms with van der Waals surface area (Å²) in [7, 11) is 0. The van der Waals surface area contributed by atoms with Gasteiger partial charge >= 0.3 is 5.97 Å². The van der Waals surface area contributed by atoms with Crippen molar-refractivity contribution >= 4 is 40.3 Å². The molecule has 0 radical (unpaired) electrons. The first-order chi connectivity index (χ1) is 15.7. The number of carboxylic acid groups (broad SMARTS) is 1. The summed E-state index contributed by atoms with van der Waals surface area (Å²) in [4.78, 5) is 15.7. The predicted octanol–water partition coefficient (Wildman–Crippen LogP) is 7.18. The van der Waals surface area contributed by atoms with Crippen LogP contribution in [0.2, 0.25) is 10.0 Å². The maximum absolute atomic E-state index is 14.0. The highest BCUT2D eigenvalue weighted by atomic mass is 35.5. The second-order valence-corrected chi connectivity index (χ2v) is 8.27. The van der Waals surface area contributed by atoms with E-state index in [1.807, 2.05) is 0 Å². The normalized spacial score (nSPS) is 13.5. The van der Waals surface area contributed by atoms with Crippen molar-refractivity contribution in [1.82, 2.24) is 4.98 Å². The van der Waals surface area contributed by atoms with Gasteiger partial charge in [0.2, 0.25) is 0 Å². The SMILES string of the molecule is O=C(O)c1nc(C2=C(c3cc(Cl)ccc3OCc3cc(F)c(F)cc3F)CCC2)ccc1Cl. The minimum Gasteiger partial charge on any atom is -0.488 e. The number of rotatable bonds is 6. The zero-order chi connectivity index (χ0) is 23.7. The largest absolute Gasteiger partial charge is 0.488 e. The number of carbonyl (C=O) groups is 1. The molecule has 1 aromatic heterocycles. The Balaban J connectivity index is 1.73. The van der Waals surface area contributed by atoms with Gasteiger partial charge < -0.3 is 9.84 Å². The third kappa shape index (κ3) is 4.84. The van der Waals surface area contributed by atoms with E-state index in [1.54, 1.807) is 24.3 Å². The molecule has 1 aliphatic carbocycles. The van der Waals surface area contributed by atoms with Gasteiger partial charge in [-0.15, -0.1) is 0 Å². The van der Waals surface area contributed by atoms with Gasteiger partial charge in [-0.25, -0.2) is 22.9 Å². The maximum Gasteiger partial charge on any atom is 0.356 e. The monoisotopic (exact) mass is 493 g/mol. The number of aromatic carboxylic acids is 1. The molecule has 0 atom stereocenters. The van der Waals surface area contributed by atoms with Gasteiger partial charge in [-0.2, -0.15) is 0 Å². The molecule has 4 rings (SSSR count). The molecule has 0 bridgehead atoms. The number of hydrogen-bond acceptors (Lipinski definition) is 3. The molecule has 0 aliphatic heterocycles. The lowest BCUT2D eigenvalue weighted by molar-refractivity contribution is 0.0690. The molecule has 170 valence electrons. The van der Waals surface area contributed by atoms with Crippen LogP contribution in [0.5, 0.6) is 5.75 Å². The summed E-state index contributed by atoms with van der Waals surface area (Å²) in [5.41, 5.74) is 2.39. The Bertz CT molecular complexity index is 1290. The number of carboxylic acids is 1. The highest BCUT2D eigenvalue weighted by Gasteiger charge is 2.23. The Morgan fingerprint density at radius 1 is 0.970 bits per heavy atom. The van der Waals surface area contributed by atoms with Crippen molar-refractivity contribution in [3.8, 4) is 5.75 Å². The van der Waals surface area contributed by atoms with Crippen molar-refractivity contribution in [1.29, 1.82) is 0 Å². The number of hydrogen-bond donors (Lipinski definition) is 1. The van der Waals surface area contributed by atoms with E-state index in [0.29, 0.717) is 40.9 Å². The van der Waals surface area contributed by atoms with Crippen LogP contribution < -0.4 is 4.74 Å². The molecule has 1 heterocycles. The molecule has 33 heavy (non-hydrogen) atoms. The van der Waals surface area contributed by atoms with Crippen LogP contribution in [0.25, 0.3) is 11.1 Å². The zero-order valence-corrected chi connectivity index (χ0v) is 18.5. The fourth-order valence-electron chi connectivity index (χ4n) is 3.78. The van der Waals surface area contributed by atoms with Gasteiger partial charge in [0.05, 0.1) is 10.7 Å². The molecule has 0 saturated carbocycles. The second-order valence-electron chi connectivity index (χ2n) is 7.43. The molecule has 0 spiro atoms. The van der Waals surface area contributed by atoms with Gasteiger partial charge in [-0.1, -0.05) is 23.2 Å². The van der Waals surface area contributed by atoms with Crippen LogP contribution in [0.1, 0.15) is 46.6 Å². The molecule has 3 aromatic rings. The molecular weight excluding hydrogens is 478 g/mol. The number of halogens is 5. The maximum atomic E-state index is 14.0. The van der Waals surface area contributed by atoms with Crippen LogP contribution in [0.15, 0.2) is 42.5 Å². The average Bonchev–Trinajstić information content (AvgIpc) is 3.26. The van der Waals surface area contributed by atoms with E-state index in [-0.39, 0.29) is 22.9 Å². The lowest BCUT2D eigenvalue weighted by Gasteiger charge is -2.15. The second kappa shape index (κ2) is 9.45. The van der Waals surface area contributed by atoms with Gasteiger partial charge in [-0.3, -0.25) is 0 Å². The van der Waals surface area contributed by atoms with Crippen molar-refractivity contribution in [2.24, 2.45) is 0 Å². The summed E-state index contributed by atoms with van der Waals surface area (Å²) < 4.78 is 46.6. The van der Waals surface area contributed by atoms with Crippen molar-refractivity contribution in [2.45, 2.75) is 25.9 Å². The van der Waals surface area contributed by atoms with E-state index >= 15 is 0 Å². The highest BCUT2D eigenvalue weighted by Crippen LogP contribution is 2.43. The standard InChI is InChI=1S/C24H16Cl2F3NO3/c25-13-4-7-22(33-11-12-8-19(28)20(29)10-18(12)27)16(9-13)14-2-1-3-15(14)21-6-5-17(26)23(30-21)24(31)32/h4-10H,1-3,11H2,(H,31,32). The van der Waals surface area contributed by atoms with Gasteiger partial charge in [0.25, 0.3) is 0 Å². The van der Waals surface area contributed by atoms with E-state index in [2.05, 4.69) is 4.98 Å². The van der Waals surface area contributed by atoms with Crippen LogP contribution in [0.4, 0.5) is 13.2 Å². The minimum absolute atomic E-state index is 0.0340. The summed E-state index contributed by atoms with van der Waals surface area (Å²) in [5.74, 6) is -4.24. The Labute approximate surface area is 197 Å². The first kappa shape index (κ1) is 23.1. The first-order valence-corrected chi connectivity index (χ1v) is 10.7. The molecule has 1 N–H and O–H groups in total. The van der Waals surface area contributed by atoms with Gasteiger partial charge in [0, 0.05) is 22.2 Å². The first-order valence-electron chi connectivity index (χ1n) is 9.93. The van der Waals surface area contributed by atoms with Crippen LogP contribution in [-0.4, -0.2) is 16.1 Å². The molecule has 1 aliphatic rings. The summed E-state index contributed by atoms with van der Waals surface area (Å²) >= 11 is 12.2. The molecule has 2 aromatic carbocycles. The number of aromatic nitrogens is 1. The van der Waals surface area contributed by atoms with E-state index < -0.39 is 23.4 Å². The number of benzene rings is 2. The number of ether oxygens (including phenoxy) is 1. The fourth-order valence-corrected chi connectivity index (χ4v) is 4.14. The van der Waals surface area contributed by atoms with Crippen molar-refractivity contribution < 1.29 is 27.8 Å². The Hall–Kier alpha value is -3.03. The number of pyridine rings is 1. The van der Waals surface area contributed by atoms with Crippen LogP contribution in [0.3, 0.4) is 0 Å². The summed E-state index contributed by atoms with van der Waals surface area (Å²) in [6, 6.07) is 9.25. The third-order valence-corrected chi connectivity index (χ3v) is 5.85. The van der Waals surface area contributed by atoms with E-state index in [1.165, 1.54) is 6.07 Å². The molecule has 0 fully saturated rings. The molecule has 0 unspecified atom stereocenters. The molecule has 9 heteroatoms. The molecular formula is C24H16Cl2F3NO3. The predicted molar refractivity (Wildman–Crippen MR) is 119 cm³/mol. The van der Waals surface area contributed by atoms with Crippen LogP contribution in [-0.2, 0) is 6.61 Å². The Kier molecular flexibility index (Phi) is 6.63. The topological polar surface area (TPSA) is 59.4 Å². The Morgan fingerprint density at radius 3 is 2.45 bits per heavy atom. The van der Waals surface area contributed by atoms with Crippen molar-refractivity contribution in [3.05, 3.63) is 92.5 Å². The minimum atomic E-state index is -1.28. The summed E-state index contributed by atoms with van der Waals surface area (Å²) in [6.07, 6.45) is 2.09. The third-order valence-electron chi connectivity index (χ3n) is 5.31. The van der Waals surface area contributed by atoms with Crippen molar-refractivity contribution in [2.75, 3.05) is 0 Å². The Morgan fingerprint density at radius 2 is 1.70 bits per heavy atom. The number of nitrogens with zero attached hydrogens (tertiary/aromatic N) is 1. The van der Waals surface area contributed by atoms with E-state index in [0.717, 1.165) is 23.6 Å². The fraction of sp³-hybridized carbons (Fsp3) is 0.167. The van der Waals surface area contributed by atoms with Crippen LogP contribution in [0, 0.1) is 17.5 Å². The van der Waals surface area contributed by atoms with Gasteiger partial charge in [-0.05, 0) is 66.8 Å². The highest BCUT2D eigenvalue weighted by molar-refractivity contribution is 6.33. The van der Waals surface area contributed by atoms with E-state index in [4.69, 9.17) is 27.9 Å². The lowest BCUT2D eigenvalue weighted by atomic mass is 9.98. The van der Waals surface area contributed by atoms with Crippen molar-refractivity contribution in [3.63, 3.8) is 0 Å². The van der Waals surface area contributed by atoms with Gasteiger partial charge in [0.15, 0.2) is 17.3 Å². The molecule has 0 amide bonds. The van der Waals surface area contributed by atoms with E-state index in [9.17, 15) is 23.1 Å². The smallest absolute Gasteiger partial charge is 0.356 e. The molecule has 0 saturated heterocycles.